The summed E-state index contributed by atoms with van der Waals surface area (Å²) in [5, 5.41) is 0. The fourth-order valence-electron chi connectivity index (χ4n) is 1.99. The average Bonchev–Trinajstić information content (AvgIpc) is 2.33. The van der Waals surface area contributed by atoms with Gasteiger partial charge >= 0.3 is 0 Å². The van der Waals surface area contributed by atoms with Crippen LogP contribution in [0.3, 0.4) is 0 Å². The second-order valence-corrected chi connectivity index (χ2v) is 6.19. The molecule has 0 spiro atoms. The molecule has 1 aromatic rings. The van der Waals surface area contributed by atoms with Gasteiger partial charge in [-0.3, -0.25) is 0 Å². The zero-order valence-corrected chi connectivity index (χ0v) is 11.7. The molecule has 0 saturated carbocycles. The molecule has 17 heavy (non-hydrogen) atoms. The van der Waals surface area contributed by atoms with Crippen LogP contribution in [0.4, 0.5) is 0 Å². The summed E-state index contributed by atoms with van der Waals surface area (Å²) >= 11 is -0.599. The molecule has 0 aliphatic heterocycles. The van der Waals surface area contributed by atoms with Crippen LogP contribution in [0.25, 0.3) is 0 Å². The van der Waals surface area contributed by atoms with Crippen molar-refractivity contribution in [2.45, 2.75) is 44.9 Å². The first-order valence-corrected chi connectivity index (χ1v) is 8.36. The zero-order valence-electron chi connectivity index (χ0n) is 10.9. The lowest BCUT2D eigenvalue weighted by molar-refractivity contribution is 0.584. The van der Waals surface area contributed by atoms with Crippen molar-refractivity contribution in [2.75, 3.05) is 12.0 Å². The Balaban J connectivity index is 1.88. The minimum atomic E-state index is -0.599. The van der Waals surface area contributed by atoms with Gasteiger partial charge in [0, 0.05) is 0 Å². The van der Waals surface area contributed by atoms with Gasteiger partial charge in [0.15, 0.2) is 0 Å². The molecule has 0 aliphatic carbocycles. The summed E-state index contributed by atoms with van der Waals surface area (Å²) in [6.07, 6.45) is 10.6. The van der Waals surface area contributed by atoms with Crippen LogP contribution in [0.15, 0.2) is 30.3 Å². The Labute approximate surface area is 109 Å². The lowest BCUT2D eigenvalue weighted by Gasteiger charge is -2.04. The fraction of sp³-hybridized carbons (Fsp3) is 0.600. The van der Waals surface area contributed by atoms with E-state index in [0.717, 1.165) is 12.2 Å². The maximum absolute atomic E-state index is 10.8. The summed E-state index contributed by atoms with van der Waals surface area (Å²) in [7, 11) is 0. The van der Waals surface area contributed by atoms with Gasteiger partial charge in [0.2, 0.25) is 0 Å². The van der Waals surface area contributed by atoms with Crippen molar-refractivity contribution < 1.29 is 4.55 Å². The molecule has 2 heteroatoms. The van der Waals surface area contributed by atoms with Gasteiger partial charge in [-0.1, -0.05) is 60.8 Å². The number of rotatable bonds is 9. The van der Waals surface area contributed by atoms with Crippen molar-refractivity contribution in [3.8, 4) is 0 Å². The highest BCUT2D eigenvalue weighted by atomic mass is 32.2. The molecular formula is C15H24OS. The van der Waals surface area contributed by atoms with E-state index < -0.39 is 11.2 Å². The second-order valence-electron chi connectivity index (χ2n) is 4.63. The smallest absolute Gasteiger partial charge is 0.105 e. The maximum atomic E-state index is 10.8. The molecule has 1 nitrogen and oxygen atoms in total. The predicted molar refractivity (Wildman–Crippen MR) is 76.8 cm³/mol. The number of unbranched alkanes of at least 4 members (excludes halogenated alkanes) is 5. The van der Waals surface area contributed by atoms with Crippen LogP contribution in [0.5, 0.6) is 0 Å². The van der Waals surface area contributed by atoms with Gasteiger partial charge in [0.05, 0.1) is 6.26 Å². The highest BCUT2D eigenvalue weighted by Crippen LogP contribution is 2.10. The first-order chi connectivity index (χ1) is 8.29. The monoisotopic (exact) mass is 252 g/mol. The van der Waals surface area contributed by atoms with Crippen LogP contribution in [0.1, 0.15) is 44.1 Å². The van der Waals surface area contributed by atoms with E-state index in [1.54, 1.807) is 6.26 Å². The normalized spacial score (nSPS) is 12.6. The predicted octanol–water partition coefficient (Wildman–Crippen LogP) is 3.95. The molecule has 0 aliphatic rings. The molecule has 1 unspecified atom stereocenters. The SMILES string of the molecule is C[S+]([O-])CCCCCCCCc1ccccc1. The van der Waals surface area contributed by atoms with Gasteiger partial charge < -0.3 is 4.55 Å². The summed E-state index contributed by atoms with van der Waals surface area (Å²) in [5.74, 6) is 0.879. The third kappa shape index (κ3) is 8.28. The van der Waals surface area contributed by atoms with Gasteiger partial charge in [-0.15, -0.1) is 0 Å². The summed E-state index contributed by atoms with van der Waals surface area (Å²) in [4.78, 5) is 0. The molecule has 0 radical (unpaired) electrons. The molecule has 0 amide bonds. The van der Waals surface area contributed by atoms with Crippen LogP contribution in [-0.4, -0.2) is 16.6 Å². The van der Waals surface area contributed by atoms with Crippen LogP contribution >= 0.6 is 0 Å². The average molecular weight is 252 g/mol. The van der Waals surface area contributed by atoms with Crippen LogP contribution in [0.2, 0.25) is 0 Å². The first kappa shape index (κ1) is 14.6. The third-order valence-corrected chi connectivity index (χ3v) is 3.85. The van der Waals surface area contributed by atoms with E-state index in [9.17, 15) is 4.55 Å². The van der Waals surface area contributed by atoms with Crippen molar-refractivity contribution in [3.05, 3.63) is 35.9 Å². The molecule has 0 aromatic heterocycles. The molecule has 0 bridgehead atoms. The molecular weight excluding hydrogens is 228 g/mol. The van der Waals surface area contributed by atoms with Gasteiger partial charge in [-0.2, -0.15) is 0 Å². The molecule has 0 fully saturated rings. The first-order valence-electron chi connectivity index (χ1n) is 6.63. The molecule has 0 N–H and O–H groups in total. The molecule has 1 aromatic carbocycles. The second kappa shape index (κ2) is 9.55. The fourth-order valence-corrected chi connectivity index (χ4v) is 2.60. The molecule has 0 saturated heterocycles. The Kier molecular flexibility index (Phi) is 8.20. The Morgan fingerprint density at radius 3 is 2.12 bits per heavy atom. The van der Waals surface area contributed by atoms with Gasteiger partial charge in [-0.25, -0.2) is 0 Å². The van der Waals surface area contributed by atoms with Crippen molar-refractivity contribution in [1.29, 1.82) is 0 Å². The highest BCUT2D eigenvalue weighted by Gasteiger charge is 1.97. The van der Waals surface area contributed by atoms with E-state index in [1.807, 2.05) is 0 Å². The summed E-state index contributed by atoms with van der Waals surface area (Å²) in [5.41, 5.74) is 1.45. The van der Waals surface area contributed by atoms with E-state index in [1.165, 1.54) is 44.1 Å². The Morgan fingerprint density at radius 1 is 0.882 bits per heavy atom. The van der Waals surface area contributed by atoms with Gasteiger partial charge in [0.1, 0.15) is 5.75 Å². The van der Waals surface area contributed by atoms with Crippen molar-refractivity contribution >= 4 is 11.2 Å². The standard InChI is InChI=1S/C15H24OS/c1-17(16)14-10-5-3-2-4-7-11-15-12-8-6-9-13-15/h6,8-9,12-13H,2-5,7,10-11,14H2,1H3. The molecule has 1 rings (SSSR count). The molecule has 96 valence electrons. The van der Waals surface area contributed by atoms with E-state index in [-0.39, 0.29) is 0 Å². The van der Waals surface area contributed by atoms with Crippen molar-refractivity contribution in [3.63, 3.8) is 0 Å². The number of hydrogen-bond donors (Lipinski definition) is 0. The minimum absolute atomic E-state index is 0.599. The van der Waals surface area contributed by atoms with Crippen molar-refractivity contribution in [2.24, 2.45) is 0 Å². The van der Waals surface area contributed by atoms with Gasteiger partial charge in [0.25, 0.3) is 0 Å². The molecule has 1 atom stereocenters. The lowest BCUT2D eigenvalue weighted by atomic mass is 10.1. The van der Waals surface area contributed by atoms with E-state index >= 15 is 0 Å². The van der Waals surface area contributed by atoms with Crippen LogP contribution in [0, 0.1) is 0 Å². The lowest BCUT2D eigenvalue weighted by Crippen LogP contribution is -2.02. The topological polar surface area (TPSA) is 23.1 Å². The van der Waals surface area contributed by atoms with E-state index in [2.05, 4.69) is 30.3 Å². The van der Waals surface area contributed by atoms with E-state index in [0.29, 0.717) is 0 Å². The van der Waals surface area contributed by atoms with Crippen LogP contribution in [-0.2, 0) is 17.6 Å². The van der Waals surface area contributed by atoms with Crippen molar-refractivity contribution in [1.82, 2.24) is 0 Å². The maximum Gasteiger partial charge on any atom is 0.105 e. The molecule has 0 heterocycles. The van der Waals surface area contributed by atoms with E-state index in [4.69, 9.17) is 0 Å². The quantitative estimate of drug-likeness (QED) is 0.482. The highest BCUT2D eigenvalue weighted by molar-refractivity contribution is 7.90. The Morgan fingerprint density at radius 2 is 1.47 bits per heavy atom. The number of aryl methyl sites for hydroxylation is 1. The largest absolute Gasteiger partial charge is 0.617 e. The summed E-state index contributed by atoms with van der Waals surface area (Å²) < 4.78 is 10.8. The Bertz CT molecular complexity index is 272. The number of hydrogen-bond acceptors (Lipinski definition) is 1. The summed E-state index contributed by atoms with van der Waals surface area (Å²) in [6.45, 7) is 0. The zero-order chi connectivity index (χ0) is 12.3. The third-order valence-electron chi connectivity index (χ3n) is 2.99. The number of benzene rings is 1. The minimum Gasteiger partial charge on any atom is -0.617 e. The van der Waals surface area contributed by atoms with Gasteiger partial charge in [-0.05, 0) is 31.2 Å². The Hall–Kier alpha value is -0.470. The van der Waals surface area contributed by atoms with Crippen LogP contribution < -0.4 is 0 Å². The summed E-state index contributed by atoms with van der Waals surface area (Å²) in [6, 6.07) is 10.7.